The first-order valence-corrected chi connectivity index (χ1v) is 8.89. The zero-order chi connectivity index (χ0) is 17.2. The van der Waals surface area contributed by atoms with Crippen molar-refractivity contribution in [2.75, 3.05) is 16.8 Å². The maximum atomic E-state index is 11.6. The lowest BCUT2D eigenvalue weighted by Gasteiger charge is -2.21. The number of carbonyl (C=O) groups is 1. The molecule has 3 aromatic rings. The van der Waals surface area contributed by atoms with E-state index in [0.29, 0.717) is 6.42 Å². The van der Waals surface area contributed by atoms with Gasteiger partial charge in [0.05, 0.1) is 0 Å². The molecular formula is C22H22N2O. The minimum Gasteiger partial charge on any atom is -0.367 e. The third-order valence-corrected chi connectivity index (χ3v) is 4.92. The monoisotopic (exact) mass is 330 g/mol. The third-order valence-electron chi connectivity index (χ3n) is 4.92. The van der Waals surface area contributed by atoms with Gasteiger partial charge in [-0.2, -0.15) is 0 Å². The fourth-order valence-electron chi connectivity index (χ4n) is 3.60. The molecule has 0 unspecified atom stereocenters. The van der Waals surface area contributed by atoms with Crippen LogP contribution in [-0.4, -0.2) is 12.5 Å². The molecule has 0 aromatic heterocycles. The van der Waals surface area contributed by atoms with E-state index in [2.05, 4.69) is 64.8 Å². The van der Waals surface area contributed by atoms with Crippen molar-refractivity contribution in [1.82, 2.24) is 0 Å². The van der Waals surface area contributed by atoms with Gasteiger partial charge in [-0.1, -0.05) is 49.4 Å². The summed E-state index contributed by atoms with van der Waals surface area (Å²) in [7, 11) is 0. The highest BCUT2D eigenvalue weighted by Crippen LogP contribution is 2.32. The summed E-state index contributed by atoms with van der Waals surface area (Å²) in [4.78, 5) is 14.0. The van der Waals surface area contributed by atoms with E-state index >= 15 is 0 Å². The Bertz CT molecular complexity index is 927. The van der Waals surface area contributed by atoms with E-state index in [0.717, 1.165) is 25.2 Å². The molecule has 0 aliphatic carbocycles. The molecule has 0 saturated heterocycles. The lowest BCUT2D eigenvalue weighted by molar-refractivity contribution is -0.115. The average Bonchev–Trinajstić information content (AvgIpc) is 3.04. The highest BCUT2D eigenvalue weighted by atomic mass is 16.1. The fraction of sp³-hybridized carbons (Fsp3) is 0.227. The van der Waals surface area contributed by atoms with Crippen molar-refractivity contribution in [3.63, 3.8) is 0 Å². The second kappa shape index (κ2) is 6.60. The van der Waals surface area contributed by atoms with Crippen LogP contribution in [0, 0.1) is 0 Å². The molecule has 3 aromatic carbocycles. The summed E-state index contributed by atoms with van der Waals surface area (Å²) in [6.07, 6.45) is 1.53. The SMILES string of the molecule is CCC(=O)Nc1ccc2c(c1)CCN2Cc1cccc2ccccc12. The Kier molecular flexibility index (Phi) is 4.14. The average molecular weight is 330 g/mol. The molecule has 25 heavy (non-hydrogen) atoms. The van der Waals surface area contributed by atoms with Crippen molar-refractivity contribution in [2.24, 2.45) is 0 Å². The number of anilines is 2. The van der Waals surface area contributed by atoms with Gasteiger partial charge in [-0.25, -0.2) is 0 Å². The number of carbonyl (C=O) groups excluding carboxylic acids is 1. The van der Waals surface area contributed by atoms with Gasteiger partial charge in [0, 0.05) is 30.9 Å². The molecular weight excluding hydrogens is 308 g/mol. The van der Waals surface area contributed by atoms with Gasteiger partial charge in [0.25, 0.3) is 0 Å². The van der Waals surface area contributed by atoms with Crippen molar-refractivity contribution in [2.45, 2.75) is 26.3 Å². The van der Waals surface area contributed by atoms with Gasteiger partial charge in [-0.3, -0.25) is 4.79 Å². The molecule has 0 radical (unpaired) electrons. The number of hydrogen-bond donors (Lipinski definition) is 1. The molecule has 126 valence electrons. The van der Waals surface area contributed by atoms with Crippen LogP contribution in [0.1, 0.15) is 24.5 Å². The van der Waals surface area contributed by atoms with Gasteiger partial charge < -0.3 is 10.2 Å². The molecule has 3 nitrogen and oxygen atoms in total. The molecule has 0 fully saturated rings. The van der Waals surface area contributed by atoms with E-state index < -0.39 is 0 Å². The first-order chi connectivity index (χ1) is 12.2. The van der Waals surface area contributed by atoms with Gasteiger partial charge in [0.15, 0.2) is 0 Å². The Morgan fingerprint density at radius 1 is 1.08 bits per heavy atom. The fourth-order valence-corrected chi connectivity index (χ4v) is 3.60. The number of rotatable bonds is 4. The van der Waals surface area contributed by atoms with E-state index in [1.54, 1.807) is 0 Å². The molecule has 1 N–H and O–H groups in total. The second-order valence-electron chi connectivity index (χ2n) is 6.56. The lowest BCUT2D eigenvalue weighted by Crippen LogP contribution is -2.19. The van der Waals surface area contributed by atoms with Crippen molar-refractivity contribution in [1.29, 1.82) is 0 Å². The van der Waals surface area contributed by atoms with Gasteiger partial charge in [-0.05, 0) is 46.5 Å². The molecule has 4 rings (SSSR count). The van der Waals surface area contributed by atoms with Crippen molar-refractivity contribution in [3.05, 3.63) is 71.8 Å². The summed E-state index contributed by atoms with van der Waals surface area (Å²) >= 11 is 0. The van der Waals surface area contributed by atoms with E-state index in [4.69, 9.17) is 0 Å². The lowest BCUT2D eigenvalue weighted by atomic mass is 10.0. The molecule has 1 aliphatic rings. The van der Waals surface area contributed by atoms with Crippen LogP contribution in [0.2, 0.25) is 0 Å². The maximum Gasteiger partial charge on any atom is 0.224 e. The molecule has 0 saturated carbocycles. The van der Waals surface area contributed by atoms with Crippen molar-refractivity contribution < 1.29 is 4.79 Å². The van der Waals surface area contributed by atoms with Crippen LogP contribution >= 0.6 is 0 Å². The first kappa shape index (κ1) is 15.7. The second-order valence-corrected chi connectivity index (χ2v) is 6.56. The summed E-state index contributed by atoms with van der Waals surface area (Å²) in [5, 5.41) is 5.57. The summed E-state index contributed by atoms with van der Waals surface area (Å²) in [5.74, 6) is 0.0607. The highest BCUT2D eigenvalue weighted by molar-refractivity contribution is 5.91. The summed E-state index contributed by atoms with van der Waals surface area (Å²) in [6.45, 7) is 3.80. The summed E-state index contributed by atoms with van der Waals surface area (Å²) in [5.41, 5.74) is 4.85. The summed E-state index contributed by atoms with van der Waals surface area (Å²) in [6, 6.07) is 21.3. The smallest absolute Gasteiger partial charge is 0.224 e. The van der Waals surface area contributed by atoms with Crippen molar-refractivity contribution >= 4 is 28.1 Å². The Hall–Kier alpha value is -2.81. The van der Waals surface area contributed by atoms with Crippen molar-refractivity contribution in [3.8, 4) is 0 Å². The Morgan fingerprint density at radius 3 is 2.80 bits per heavy atom. The molecule has 1 amide bonds. The molecule has 0 spiro atoms. The van der Waals surface area contributed by atoms with E-state index in [-0.39, 0.29) is 5.91 Å². The third kappa shape index (κ3) is 3.10. The van der Waals surface area contributed by atoms with Gasteiger partial charge in [0.2, 0.25) is 5.91 Å². The van der Waals surface area contributed by atoms with E-state index in [1.165, 1.54) is 27.6 Å². The largest absolute Gasteiger partial charge is 0.367 e. The minimum atomic E-state index is 0.0607. The predicted octanol–water partition coefficient (Wildman–Crippen LogP) is 4.75. The molecule has 1 aliphatic heterocycles. The number of nitrogens with one attached hydrogen (secondary N) is 1. The minimum absolute atomic E-state index is 0.0607. The zero-order valence-electron chi connectivity index (χ0n) is 14.5. The molecule has 0 bridgehead atoms. The number of hydrogen-bond acceptors (Lipinski definition) is 2. The highest BCUT2D eigenvalue weighted by Gasteiger charge is 2.20. The standard InChI is InChI=1S/C22H22N2O/c1-2-22(25)23-19-10-11-21-17(14-19)12-13-24(21)15-18-8-5-7-16-6-3-4-9-20(16)18/h3-11,14H,2,12-13,15H2,1H3,(H,23,25). The normalized spacial score (nSPS) is 13.1. The van der Waals surface area contributed by atoms with Crippen LogP contribution in [0.5, 0.6) is 0 Å². The van der Waals surface area contributed by atoms with Crippen LogP contribution < -0.4 is 10.2 Å². The van der Waals surface area contributed by atoms with Crippen LogP contribution in [0.25, 0.3) is 10.8 Å². The van der Waals surface area contributed by atoms with Crippen LogP contribution in [0.4, 0.5) is 11.4 Å². The Balaban J connectivity index is 1.59. The molecule has 0 atom stereocenters. The predicted molar refractivity (Wildman–Crippen MR) is 104 cm³/mol. The van der Waals surface area contributed by atoms with Crippen LogP contribution in [0.3, 0.4) is 0 Å². The van der Waals surface area contributed by atoms with Crippen LogP contribution in [0.15, 0.2) is 60.7 Å². The van der Waals surface area contributed by atoms with Gasteiger partial charge in [-0.15, -0.1) is 0 Å². The summed E-state index contributed by atoms with van der Waals surface area (Å²) < 4.78 is 0. The molecule has 3 heteroatoms. The molecule has 1 heterocycles. The van der Waals surface area contributed by atoms with Crippen LogP contribution in [-0.2, 0) is 17.8 Å². The number of nitrogens with zero attached hydrogens (tertiary/aromatic N) is 1. The Morgan fingerprint density at radius 2 is 1.92 bits per heavy atom. The zero-order valence-corrected chi connectivity index (χ0v) is 14.5. The number of benzene rings is 3. The van der Waals surface area contributed by atoms with E-state index in [9.17, 15) is 4.79 Å². The van der Waals surface area contributed by atoms with Gasteiger partial charge in [0.1, 0.15) is 0 Å². The number of fused-ring (bicyclic) bond motifs is 2. The Labute approximate surface area is 148 Å². The first-order valence-electron chi connectivity index (χ1n) is 8.89. The topological polar surface area (TPSA) is 32.3 Å². The van der Waals surface area contributed by atoms with E-state index in [1.807, 2.05) is 13.0 Å². The maximum absolute atomic E-state index is 11.6. The van der Waals surface area contributed by atoms with Gasteiger partial charge >= 0.3 is 0 Å². The number of amides is 1. The quantitative estimate of drug-likeness (QED) is 0.748.